The fraction of sp³-hybridized carbons (Fsp3) is 0.500. The second kappa shape index (κ2) is 5.42. The van der Waals surface area contributed by atoms with E-state index >= 15 is 0 Å². The van der Waals surface area contributed by atoms with Gasteiger partial charge in [0.25, 0.3) is 0 Å². The molecule has 1 aromatic heterocycles. The molecule has 1 rings (SSSR count). The molecule has 0 bridgehead atoms. The van der Waals surface area contributed by atoms with Crippen molar-refractivity contribution in [1.29, 1.82) is 0 Å². The van der Waals surface area contributed by atoms with Crippen molar-refractivity contribution >= 4 is 6.29 Å². The van der Waals surface area contributed by atoms with E-state index in [0.717, 1.165) is 0 Å². The first-order valence-corrected chi connectivity index (χ1v) is 2.91. The van der Waals surface area contributed by atoms with E-state index in [1.54, 1.807) is 13.8 Å². The average molecular weight is 178 g/mol. The van der Waals surface area contributed by atoms with Crippen LogP contribution in [0.5, 0.6) is 0 Å². The molecule has 0 saturated heterocycles. The average Bonchev–Trinajstić information content (AvgIpc) is 2.38. The fourth-order valence-corrected chi connectivity index (χ4v) is 0.544. The van der Waals surface area contributed by atoms with Gasteiger partial charge in [-0.2, -0.15) is 5.10 Å². The predicted molar refractivity (Wildman–Crippen MR) is 37.0 cm³/mol. The Morgan fingerprint density at radius 2 is 2.08 bits per heavy atom. The molecular weight excluding hydrogens is 169 g/mol. The van der Waals surface area contributed by atoms with Gasteiger partial charge in [0.1, 0.15) is 12.7 Å². The summed E-state index contributed by atoms with van der Waals surface area (Å²) in [4.78, 5) is 14.0. The van der Waals surface area contributed by atoms with Crippen molar-refractivity contribution in [2.24, 2.45) is 0 Å². The maximum atomic E-state index is 10.3. The van der Waals surface area contributed by atoms with Gasteiger partial charge >= 0.3 is 29.6 Å². The molecule has 0 atom stereocenters. The minimum atomic E-state index is -0.698. The molecule has 0 saturated carbocycles. The van der Waals surface area contributed by atoms with Gasteiger partial charge in [0, 0.05) is 0 Å². The van der Waals surface area contributed by atoms with E-state index in [2.05, 4.69) is 10.1 Å². The van der Waals surface area contributed by atoms with Gasteiger partial charge in [0.2, 0.25) is 0 Å². The van der Waals surface area contributed by atoms with Crippen molar-refractivity contribution in [3.8, 4) is 0 Å². The summed E-state index contributed by atoms with van der Waals surface area (Å²) in [5.74, 6) is 0. The SMILES string of the molecule is CC(C)([C-]=O)n1cncn1.[Na+].[OH-]. The predicted octanol–water partition coefficient (Wildman–Crippen LogP) is -3.05. The van der Waals surface area contributed by atoms with Gasteiger partial charge in [-0.05, 0) is 5.54 Å². The van der Waals surface area contributed by atoms with Crippen LogP contribution in [0, 0.1) is 0 Å². The molecule has 0 aliphatic heterocycles. The second-order valence-corrected chi connectivity index (χ2v) is 2.50. The van der Waals surface area contributed by atoms with Crippen LogP contribution in [0.4, 0.5) is 0 Å². The van der Waals surface area contributed by atoms with Crippen molar-refractivity contribution in [3.63, 3.8) is 0 Å². The van der Waals surface area contributed by atoms with Gasteiger partial charge in [-0.25, -0.2) is 11.3 Å². The molecule has 0 unspecified atom stereocenters. The summed E-state index contributed by atoms with van der Waals surface area (Å²) in [5.41, 5.74) is -0.698. The third kappa shape index (κ3) is 3.02. The first-order valence-electron chi connectivity index (χ1n) is 2.91. The molecule has 1 aromatic rings. The van der Waals surface area contributed by atoms with Crippen molar-refractivity contribution in [2.45, 2.75) is 19.4 Å². The Labute approximate surface area is 92.8 Å². The zero-order valence-electron chi connectivity index (χ0n) is 7.35. The number of nitrogens with zero attached hydrogens (tertiary/aromatic N) is 3. The van der Waals surface area contributed by atoms with E-state index < -0.39 is 5.54 Å². The largest absolute Gasteiger partial charge is 1.00 e. The first-order chi connectivity index (χ1) is 4.67. The van der Waals surface area contributed by atoms with Crippen LogP contribution in [0.2, 0.25) is 0 Å². The number of hydrogen-bond acceptors (Lipinski definition) is 4. The fourth-order valence-electron chi connectivity index (χ4n) is 0.544. The second-order valence-electron chi connectivity index (χ2n) is 2.50. The van der Waals surface area contributed by atoms with Gasteiger partial charge in [-0.1, -0.05) is 13.8 Å². The maximum Gasteiger partial charge on any atom is 1.00 e. The Kier molecular flexibility index (Phi) is 6.46. The third-order valence-electron chi connectivity index (χ3n) is 1.24. The van der Waals surface area contributed by atoms with E-state index in [4.69, 9.17) is 0 Å². The third-order valence-corrected chi connectivity index (χ3v) is 1.24. The van der Waals surface area contributed by atoms with Gasteiger partial charge < -0.3 is 10.3 Å². The minimum Gasteiger partial charge on any atom is -0.870 e. The molecular formula is C6H9N3NaO2-. The molecule has 0 fully saturated rings. The van der Waals surface area contributed by atoms with Crippen molar-refractivity contribution < 1.29 is 39.8 Å². The van der Waals surface area contributed by atoms with E-state index in [9.17, 15) is 4.79 Å². The molecule has 1 N–H and O–H groups in total. The molecule has 1 heterocycles. The summed E-state index contributed by atoms with van der Waals surface area (Å²) in [6, 6.07) is 0. The van der Waals surface area contributed by atoms with E-state index in [-0.39, 0.29) is 35.0 Å². The van der Waals surface area contributed by atoms with Crippen LogP contribution < -0.4 is 29.6 Å². The summed E-state index contributed by atoms with van der Waals surface area (Å²) >= 11 is 0. The molecule has 62 valence electrons. The van der Waals surface area contributed by atoms with Gasteiger partial charge in [0.05, 0.1) is 0 Å². The van der Waals surface area contributed by atoms with Crippen molar-refractivity contribution in [1.82, 2.24) is 14.8 Å². The smallest absolute Gasteiger partial charge is 0.870 e. The van der Waals surface area contributed by atoms with E-state index in [0.29, 0.717) is 0 Å². The molecule has 0 aromatic carbocycles. The molecule has 12 heavy (non-hydrogen) atoms. The Morgan fingerprint density at radius 3 is 2.42 bits per heavy atom. The monoisotopic (exact) mass is 178 g/mol. The minimum absolute atomic E-state index is 0. The number of hydrogen-bond donors (Lipinski definition) is 0. The molecule has 6 heteroatoms. The van der Waals surface area contributed by atoms with Crippen LogP contribution in [-0.4, -0.2) is 26.5 Å². The standard InChI is InChI=1S/C6H8N3O.Na.H2O/c1-6(2,3-10)9-5-7-4-8-9;;/h4-5H,1-2H3;;1H2/q-1;+1;/p-1. The van der Waals surface area contributed by atoms with E-state index in [1.807, 2.05) is 6.29 Å². The van der Waals surface area contributed by atoms with Gasteiger partial charge in [-0.15, -0.1) is 0 Å². The summed E-state index contributed by atoms with van der Waals surface area (Å²) in [6.45, 7) is 3.43. The Hall–Kier alpha value is -0.230. The van der Waals surface area contributed by atoms with Crippen molar-refractivity contribution in [2.75, 3.05) is 0 Å². The van der Waals surface area contributed by atoms with E-state index in [1.165, 1.54) is 17.3 Å². The summed E-state index contributed by atoms with van der Waals surface area (Å²) in [6.07, 6.45) is 4.73. The molecule has 0 radical (unpaired) electrons. The van der Waals surface area contributed by atoms with Crippen LogP contribution in [0.15, 0.2) is 12.7 Å². The van der Waals surface area contributed by atoms with Crippen LogP contribution in [-0.2, 0) is 10.3 Å². The molecule has 0 aliphatic carbocycles. The van der Waals surface area contributed by atoms with Crippen LogP contribution in [0.3, 0.4) is 0 Å². The van der Waals surface area contributed by atoms with Crippen molar-refractivity contribution in [3.05, 3.63) is 12.7 Å². The Bertz CT molecular complexity index is 223. The number of aromatic nitrogens is 3. The normalized spacial score (nSPS) is 9.50. The maximum absolute atomic E-state index is 10.3. The Balaban J connectivity index is 0. The summed E-state index contributed by atoms with van der Waals surface area (Å²) < 4.78 is 1.46. The van der Waals surface area contributed by atoms with Crippen LogP contribution in [0.25, 0.3) is 0 Å². The zero-order chi connectivity index (χ0) is 7.61. The molecule has 0 amide bonds. The quantitative estimate of drug-likeness (QED) is 0.356. The Morgan fingerprint density at radius 1 is 1.50 bits per heavy atom. The number of rotatable bonds is 2. The van der Waals surface area contributed by atoms with Crippen LogP contribution in [0.1, 0.15) is 13.8 Å². The molecule has 0 spiro atoms. The topological polar surface area (TPSA) is 77.8 Å². The zero-order valence-corrected chi connectivity index (χ0v) is 9.35. The summed E-state index contributed by atoms with van der Waals surface area (Å²) in [7, 11) is 0. The van der Waals surface area contributed by atoms with Gasteiger partial charge in [0.15, 0.2) is 0 Å². The number of carbonyl (C=O) groups excluding carboxylic acids is 1. The summed E-state index contributed by atoms with van der Waals surface area (Å²) in [5, 5.41) is 3.80. The first kappa shape index (κ1) is 14.3. The van der Waals surface area contributed by atoms with Crippen LogP contribution >= 0.6 is 0 Å². The molecule has 5 nitrogen and oxygen atoms in total. The van der Waals surface area contributed by atoms with Gasteiger partial charge in [-0.3, -0.25) is 4.68 Å². The molecule has 0 aliphatic rings.